The smallest absolute Gasteiger partial charge is 0.256 e. The van der Waals surface area contributed by atoms with E-state index >= 15 is 0 Å². The van der Waals surface area contributed by atoms with Crippen molar-refractivity contribution in [2.75, 3.05) is 38.7 Å². The Morgan fingerprint density at radius 2 is 2.22 bits per heavy atom. The second kappa shape index (κ2) is 5.79. The molecule has 3 N–H and O–H groups in total. The van der Waals surface area contributed by atoms with Crippen LogP contribution in [0.2, 0.25) is 0 Å². The van der Waals surface area contributed by atoms with Gasteiger partial charge in [0.2, 0.25) is 0 Å². The lowest BCUT2D eigenvalue weighted by molar-refractivity contribution is 0.0763. The number of rotatable bonds is 2. The van der Waals surface area contributed by atoms with Gasteiger partial charge in [0.15, 0.2) is 0 Å². The van der Waals surface area contributed by atoms with Gasteiger partial charge in [-0.15, -0.1) is 0 Å². The fourth-order valence-electron chi connectivity index (χ4n) is 2.12. The Hall–Kier alpha value is -1.66. The summed E-state index contributed by atoms with van der Waals surface area (Å²) in [4.78, 5) is 20.5. The van der Waals surface area contributed by atoms with Gasteiger partial charge in [0.1, 0.15) is 0 Å². The number of hydrogen-bond donors (Lipinski definition) is 2. The molecular formula is C12H19N5O. The first-order valence-corrected chi connectivity index (χ1v) is 6.11. The molecule has 0 aliphatic carbocycles. The normalized spacial score (nSPS) is 17.3. The lowest BCUT2D eigenvalue weighted by Crippen LogP contribution is -2.35. The molecule has 1 saturated heterocycles. The molecule has 0 radical (unpaired) electrons. The van der Waals surface area contributed by atoms with E-state index in [4.69, 9.17) is 5.84 Å². The molecule has 1 aromatic heterocycles. The first kappa shape index (κ1) is 12.8. The van der Waals surface area contributed by atoms with Crippen molar-refractivity contribution < 1.29 is 4.79 Å². The summed E-state index contributed by atoms with van der Waals surface area (Å²) in [5.74, 6) is 5.42. The molecule has 6 heteroatoms. The third kappa shape index (κ3) is 2.77. The number of carbonyl (C=O) groups is 1. The molecule has 1 fully saturated rings. The molecule has 2 heterocycles. The predicted octanol–water partition coefficient (Wildman–Crippen LogP) is 0.145. The minimum atomic E-state index is 0.0145. The van der Waals surface area contributed by atoms with Gasteiger partial charge >= 0.3 is 0 Å². The van der Waals surface area contributed by atoms with Crippen molar-refractivity contribution in [3.63, 3.8) is 0 Å². The van der Waals surface area contributed by atoms with E-state index in [-0.39, 0.29) is 5.91 Å². The Kier molecular flexibility index (Phi) is 4.11. The van der Waals surface area contributed by atoms with Gasteiger partial charge in [-0.05, 0) is 26.1 Å². The SMILES string of the molecule is CN1CCCN(C(=O)c2ccncc2NN)CC1. The maximum Gasteiger partial charge on any atom is 0.256 e. The first-order chi connectivity index (χ1) is 8.72. The van der Waals surface area contributed by atoms with E-state index in [9.17, 15) is 4.79 Å². The van der Waals surface area contributed by atoms with Crippen molar-refractivity contribution in [2.24, 2.45) is 5.84 Å². The molecular weight excluding hydrogens is 230 g/mol. The zero-order chi connectivity index (χ0) is 13.0. The minimum Gasteiger partial charge on any atom is -0.337 e. The fraction of sp³-hybridized carbons (Fsp3) is 0.500. The summed E-state index contributed by atoms with van der Waals surface area (Å²) in [5.41, 5.74) is 3.67. The van der Waals surface area contributed by atoms with Gasteiger partial charge in [-0.25, -0.2) is 0 Å². The molecule has 6 nitrogen and oxygen atoms in total. The number of aromatic nitrogens is 1. The molecule has 0 atom stereocenters. The molecule has 1 aliphatic rings. The molecule has 0 saturated carbocycles. The number of hydrazine groups is 1. The van der Waals surface area contributed by atoms with Crippen LogP contribution in [0.15, 0.2) is 18.5 Å². The average molecular weight is 249 g/mol. The maximum absolute atomic E-state index is 12.4. The van der Waals surface area contributed by atoms with E-state index in [2.05, 4.69) is 22.4 Å². The molecule has 1 aromatic rings. The molecule has 0 aromatic carbocycles. The number of nitrogen functional groups attached to an aromatic ring is 1. The summed E-state index contributed by atoms with van der Waals surface area (Å²) >= 11 is 0. The van der Waals surface area contributed by atoms with E-state index < -0.39 is 0 Å². The largest absolute Gasteiger partial charge is 0.337 e. The minimum absolute atomic E-state index is 0.0145. The first-order valence-electron chi connectivity index (χ1n) is 6.11. The van der Waals surface area contributed by atoms with Crippen molar-refractivity contribution in [1.29, 1.82) is 0 Å². The summed E-state index contributed by atoms with van der Waals surface area (Å²) in [6.07, 6.45) is 4.17. The van der Waals surface area contributed by atoms with Crippen LogP contribution in [0.4, 0.5) is 5.69 Å². The van der Waals surface area contributed by atoms with E-state index in [1.807, 2.05) is 4.90 Å². The average Bonchev–Trinajstić information content (AvgIpc) is 2.62. The zero-order valence-corrected chi connectivity index (χ0v) is 10.6. The number of pyridine rings is 1. The van der Waals surface area contributed by atoms with Gasteiger partial charge in [0.05, 0.1) is 17.4 Å². The Balaban J connectivity index is 2.15. The summed E-state index contributed by atoms with van der Waals surface area (Å²) in [6, 6.07) is 1.70. The van der Waals surface area contributed by atoms with E-state index in [1.54, 1.807) is 18.5 Å². The van der Waals surface area contributed by atoms with Crippen molar-refractivity contribution >= 4 is 11.6 Å². The summed E-state index contributed by atoms with van der Waals surface area (Å²) in [5, 5.41) is 0. The highest BCUT2D eigenvalue weighted by Gasteiger charge is 2.20. The molecule has 1 amide bonds. The molecule has 18 heavy (non-hydrogen) atoms. The van der Waals surface area contributed by atoms with Gasteiger partial charge in [0, 0.05) is 25.8 Å². The van der Waals surface area contributed by atoms with Gasteiger partial charge < -0.3 is 15.2 Å². The number of amides is 1. The van der Waals surface area contributed by atoms with E-state index in [0.717, 1.165) is 32.6 Å². The Labute approximate surface area is 107 Å². The third-order valence-electron chi connectivity index (χ3n) is 3.21. The number of carbonyl (C=O) groups excluding carboxylic acids is 1. The number of nitrogens with zero attached hydrogens (tertiary/aromatic N) is 3. The van der Waals surface area contributed by atoms with Gasteiger partial charge in [0.25, 0.3) is 5.91 Å². The van der Waals surface area contributed by atoms with Crippen LogP contribution in [0, 0.1) is 0 Å². The predicted molar refractivity (Wildman–Crippen MR) is 70.1 cm³/mol. The molecule has 98 valence electrons. The lowest BCUT2D eigenvalue weighted by atomic mass is 10.2. The number of anilines is 1. The van der Waals surface area contributed by atoms with Crippen LogP contribution >= 0.6 is 0 Å². The molecule has 0 spiro atoms. The summed E-state index contributed by atoms with van der Waals surface area (Å²) < 4.78 is 0. The van der Waals surface area contributed by atoms with Crippen LogP contribution in [0.25, 0.3) is 0 Å². The van der Waals surface area contributed by atoms with Crippen LogP contribution in [-0.2, 0) is 0 Å². The van der Waals surface area contributed by atoms with Crippen molar-refractivity contribution in [2.45, 2.75) is 6.42 Å². The highest BCUT2D eigenvalue weighted by molar-refractivity contribution is 5.99. The second-order valence-corrected chi connectivity index (χ2v) is 4.51. The number of nitrogens with two attached hydrogens (primary N) is 1. The molecule has 2 rings (SSSR count). The number of nitrogens with one attached hydrogen (secondary N) is 1. The van der Waals surface area contributed by atoms with Crippen LogP contribution in [-0.4, -0.2) is 53.9 Å². The van der Waals surface area contributed by atoms with Crippen LogP contribution in [0.5, 0.6) is 0 Å². The second-order valence-electron chi connectivity index (χ2n) is 4.51. The molecule has 0 bridgehead atoms. The highest BCUT2D eigenvalue weighted by Crippen LogP contribution is 2.15. The lowest BCUT2D eigenvalue weighted by Gasteiger charge is -2.21. The Bertz CT molecular complexity index is 423. The van der Waals surface area contributed by atoms with Crippen LogP contribution in [0.1, 0.15) is 16.8 Å². The standard InChI is InChI=1S/C12H19N5O/c1-16-5-2-6-17(8-7-16)12(18)10-3-4-14-9-11(10)15-13/h3-4,9,15H,2,5-8,13H2,1H3. The van der Waals surface area contributed by atoms with Gasteiger partial charge in [-0.3, -0.25) is 15.6 Å². The van der Waals surface area contributed by atoms with E-state index in [0.29, 0.717) is 11.3 Å². The van der Waals surface area contributed by atoms with Crippen molar-refractivity contribution in [1.82, 2.24) is 14.8 Å². The zero-order valence-electron chi connectivity index (χ0n) is 10.6. The summed E-state index contributed by atoms with van der Waals surface area (Å²) in [7, 11) is 2.08. The van der Waals surface area contributed by atoms with Crippen LogP contribution in [0.3, 0.4) is 0 Å². The fourth-order valence-corrected chi connectivity index (χ4v) is 2.12. The topological polar surface area (TPSA) is 74.5 Å². The number of likely N-dealkylation sites (N-methyl/N-ethyl adjacent to an activating group) is 1. The maximum atomic E-state index is 12.4. The van der Waals surface area contributed by atoms with Gasteiger partial charge in [-0.2, -0.15) is 0 Å². The van der Waals surface area contributed by atoms with Gasteiger partial charge in [-0.1, -0.05) is 0 Å². The third-order valence-corrected chi connectivity index (χ3v) is 3.21. The van der Waals surface area contributed by atoms with Crippen molar-refractivity contribution in [3.8, 4) is 0 Å². The quantitative estimate of drug-likeness (QED) is 0.576. The van der Waals surface area contributed by atoms with E-state index in [1.165, 1.54) is 0 Å². The highest BCUT2D eigenvalue weighted by atomic mass is 16.2. The number of hydrogen-bond acceptors (Lipinski definition) is 5. The van der Waals surface area contributed by atoms with Crippen molar-refractivity contribution in [3.05, 3.63) is 24.0 Å². The van der Waals surface area contributed by atoms with Crippen LogP contribution < -0.4 is 11.3 Å². The molecule has 1 aliphatic heterocycles. The Morgan fingerprint density at radius 1 is 1.39 bits per heavy atom. The monoisotopic (exact) mass is 249 g/mol. The molecule has 0 unspecified atom stereocenters. The Morgan fingerprint density at radius 3 is 3.00 bits per heavy atom. The summed E-state index contributed by atoms with van der Waals surface area (Å²) in [6.45, 7) is 3.47.